The van der Waals surface area contributed by atoms with Gasteiger partial charge in [0.2, 0.25) is 17.7 Å². The molecule has 1 atom stereocenters. The third-order valence-electron chi connectivity index (χ3n) is 2.38. The van der Waals surface area contributed by atoms with Crippen LogP contribution in [0.1, 0.15) is 26.9 Å². The van der Waals surface area contributed by atoms with Gasteiger partial charge in [-0.05, 0) is 37.2 Å². The maximum Gasteiger partial charge on any atom is 0.236 e. The lowest BCUT2D eigenvalue weighted by molar-refractivity contribution is 0.0670. The summed E-state index contributed by atoms with van der Waals surface area (Å²) in [6.07, 6.45) is -0.102. The fourth-order valence-electron chi connectivity index (χ4n) is 1.47. The zero-order chi connectivity index (χ0) is 13.8. The lowest BCUT2D eigenvalue weighted by Gasteiger charge is -2.08. The van der Waals surface area contributed by atoms with Gasteiger partial charge in [0.05, 0.1) is 12.1 Å². The van der Waals surface area contributed by atoms with E-state index in [0.717, 1.165) is 0 Å². The first kappa shape index (κ1) is 13.9. The fraction of sp³-hybridized carbons (Fsp3) is 0.167. The number of furan rings is 2. The Morgan fingerprint density at radius 3 is 2.53 bits per heavy atom. The summed E-state index contributed by atoms with van der Waals surface area (Å²) in [6.45, 7) is 0. The summed E-state index contributed by atoms with van der Waals surface area (Å²) in [5.74, 6) is -0.729. The predicted molar refractivity (Wildman–Crippen MR) is 69.5 cm³/mol. The number of alkyl halides is 1. The molecular weight excluding hydrogens is 292 g/mol. The average molecular weight is 301 g/mol. The lowest BCUT2D eigenvalue weighted by atomic mass is 10.1. The molecule has 5 nitrogen and oxygen atoms in total. The zero-order valence-electron chi connectivity index (χ0n) is 9.54. The van der Waals surface area contributed by atoms with Gasteiger partial charge in [-0.1, -0.05) is 0 Å². The van der Waals surface area contributed by atoms with Crippen molar-refractivity contribution in [3.8, 4) is 0 Å². The van der Waals surface area contributed by atoms with Gasteiger partial charge in [0, 0.05) is 0 Å². The van der Waals surface area contributed by atoms with Crippen LogP contribution in [-0.4, -0.2) is 17.7 Å². The molecule has 0 saturated heterocycles. The van der Waals surface area contributed by atoms with E-state index in [4.69, 9.17) is 20.4 Å². The van der Waals surface area contributed by atoms with Gasteiger partial charge in [-0.3, -0.25) is 13.8 Å². The van der Waals surface area contributed by atoms with Crippen LogP contribution in [0.2, 0.25) is 0 Å². The van der Waals surface area contributed by atoms with Gasteiger partial charge >= 0.3 is 0 Å². The molecule has 19 heavy (non-hydrogen) atoms. The Balaban J connectivity index is 2.22. The van der Waals surface area contributed by atoms with Gasteiger partial charge in [-0.25, -0.2) is 0 Å². The molecular formula is C12H9ClO5S. The van der Waals surface area contributed by atoms with Gasteiger partial charge in [0.25, 0.3) is 0 Å². The third kappa shape index (κ3) is 2.91. The molecule has 0 aromatic carbocycles. The smallest absolute Gasteiger partial charge is 0.236 e. The topological polar surface area (TPSA) is 69.7 Å². The molecule has 2 aromatic rings. The third-order valence-corrected chi connectivity index (χ3v) is 2.86. The van der Waals surface area contributed by atoms with Crippen LogP contribution in [-0.2, 0) is 10.1 Å². The van der Waals surface area contributed by atoms with Crippen molar-refractivity contribution in [1.82, 2.24) is 0 Å². The quantitative estimate of drug-likeness (QED) is 0.292. The Morgan fingerprint density at radius 2 is 2.00 bits per heavy atom. The minimum Gasteiger partial charge on any atom is -0.461 e. The molecule has 7 heteroatoms. The van der Waals surface area contributed by atoms with Crippen LogP contribution in [0, 0.1) is 0 Å². The van der Waals surface area contributed by atoms with E-state index in [1.807, 2.05) is 0 Å². The van der Waals surface area contributed by atoms with E-state index in [9.17, 15) is 9.59 Å². The van der Waals surface area contributed by atoms with Crippen molar-refractivity contribution in [2.24, 2.45) is 0 Å². The van der Waals surface area contributed by atoms with E-state index < -0.39 is 17.7 Å². The first-order chi connectivity index (χ1) is 9.17. The number of carbonyl (C=O) groups is 2. The molecule has 2 heterocycles. The number of ketones is 2. The normalized spacial score (nSPS) is 12.3. The van der Waals surface area contributed by atoms with Gasteiger partial charge < -0.3 is 8.83 Å². The average Bonchev–Trinajstić information content (AvgIpc) is 3.10. The highest BCUT2D eigenvalue weighted by molar-refractivity contribution is 7.75. The largest absolute Gasteiger partial charge is 0.461 e. The molecule has 0 amide bonds. The first-order valence-electron chi connectivity index (χ1n) is 5.24. The number of Topliss-reactive ketones (excluding diaryl/α,β-unsaturated/α-hetero) is 2. The van der Waals surface area contributed by atoms with Crippen LogP contribution in [0.4, 0.5) is 0 Å². The maximum absolute atomic E-state index is 12.1. The van der Waals surface area contributed by atoms with Crippen molar-refractivity contribution in [3.05, 3.63) is 47.8 Å². The molecule has 2 aromatic heterocycles. The van der Waals surface area contributed by atoms with E-state index in [-0.39, 0.29) is 17.4 Å². The van der Waals surface area contributed by atoms with Crippen molar-refractivity contribution in [3.63, 3.8) is 0 Å². The number of rotatable bonds is 6. The highest BCUT2D eigenvalue weighted by Gasteiger charge is 2.32. The molecule has 0 aliphatic carbocycles. The summed E-state index contributed by atoms with van der Waals surface area (Å²) >= 11 is 9.12. The Kier molecular flexibility index (Phi) is 4.47. The van der Waals surface area contributed by atoms with Crippen molar-refractivity contribution < 1.29 is 22.6 Å². The van der Waals surface area contributed by atoms with E-state index >= 15 is 0 Å². The summed E-state index contributed by atoms with van der Waals surface area (Å²) in [5, 5.41) is 0. The van der Waals surface area contributed by atoms with Crippen molar-refractivity contribution in [2.75, 3.05) is 0 Å². The number of halogens is 1. The first-order valence-corrected chi connectivity index (χ1v) is 6.14. The lowest BCUT2D eigenvalue weighted by Crippen LogP contribution is -2.30. The second kappa shape index (κ2) is 6.10. The number of hydrogen-bond donors (Lipinski definition) is 1. The molecule has 0 N–H and O–H groups in total. The summed E-state index contributed by atoms with van der Waals surface area (Å²) in [4.78, 5) is 24.0. The summed E-state index contributed by atoms with van der Waals surface area (Å²) in [6, 6.07) is 5.94. The highest BCUT2D eigenvalue weighted by Crippen LogP contribution is 2.17. The molecule has 1 unspecified atom stereocenters. The molecule has 0 saturated carbocycles. The van der Waals surface area contributed by atoms with Gasteiger partial charge in [0.15, 0.2) is 11.5 Å². The Bertz CT molecular complexity index is 575. The second-order valence-electron chi connectivity index (χ2n) is 3.59. The van der Waals surface area contributed by atoms with Crippen LogP contribution < -0.4 is 0 Å². The molecule has 0 fully saturated rings. The highest BCUT2D eigenvalue weighted by atomic mass is 35.5. The summed E-state index contributed by atoms with van der Waals surface area (Å²) < 4.78 is 14.7. The minimum atomic E-state index is -1.43. The number of carbonyl (C=O) groups excluding carboxylic acids is 2. The maximum atomic E-state index is 12.1. The van der Waals surface area contributed by atoms with E-state index in [1.165, 1.54) is 24.5 Å². The summed E-state index contributed by atoms with van der Waals surface area (Å²) in [7, 11) is 0. The zero-order valence-corrected chi connectivity index (χ0v) is 11.2. The second-order valence-corrected chi connectivity index (χ2v) is 4.07. The molecule has 0 aliphatic heterocycles. The van der Waals surface area contributed by atoms with Crippen LogP contribution in [0.15, 0.2) is 39.4 Å². The molecule has 2 rings (SSSR count). The fourth-order valence-corrected chi connectivity index (χ4v) is 1.81. The standard InChI is InChI=1S/C12H9ClO5S/c13-6-7-3-4-9(17-7)11(15)12(18-19)10(14)8-2-1-5-16-8/h1-5,12,19H,6H2. The van der Waals surface area contributed by atoms with E-state index in [0.29, 0.717) is 5.76 Å². The van der Waals surface area contributed by atoms with Crippen LogP contribution in [0.25, 0.3) is 0 Å². The predicted octanol–water partition coefficient (Wildman–Crippen LogP) is 2.91. The number of hydrogen-bond acceptors (Lipinski definition) is 6. The SMILES string of the molecule is O=C(c1ccco1)C(OS)C(=O)c1ccc(CCl)o1. The molecule has 0 radical (unpaired) electrons. The Labute approximate surface area is 119 Å². The van der Waals surface area contributed by atoms with Gasteiger partial charge in [-0.2, -0.15) is 0 Å². The van der Waals surface area contributed by atoms with Crippen LogP contribution >= 0.6 is 24.5 Å². The van der Waals surface area contributed by atoms with Gasteiger partial charge in [-0.15, -0.1) is 11.6 Å². The molecule has 0 aliphatic rings. The summed E-state index contributed by atoms with van der Waals surface area (Å²) in [5.41, 5.74) is 0. The van der Waals surface area contributed by atoms with Crippen LogP contribution in [0.3, 0.4) is 0 Å². The van der Waals surface area contributed by atoms with E-state index in [1.54, 1.807) is 6.07 Å². The molecule has 0 bridgehead atoms. The van der Waals surface area contributed by atoms with Crippen molar-refractivity contribution in [1.29, 1.82) is 0 Å². The Hall–Kier alpha value is -1.50. The van der Waals surface area contributed by atoms with Crippen molar-refractivity contribution >= 4 is 36.1 Å². The Morgan fingerprint density at radius 1 is 1.26 bits per heavy atom. The molecule has 100 valence electrons. The van der Waals surface area contributed by atoms with Gasteiger partial charge in [0.1, 0.15) is 5.76 Å². The molecule has 0 spiro atoms. The van der Waals surface area contributed by atoms with Crippen LogP contribution in [0.5, 0.6) is 0 Å². The van der Waals surface area contributed by atoms with Crippen molar-refractivity contribution in [2.45, 2.75) is 12.0 Å². The monoisotopic (exact) mass is 300 g/mol. The minimum absolute atomic E-state index is 0.0107. The van der Waals surface area contributed by atoms with E-state index in [2.05, 4.69) is 17.1 Å². The number of thiol groups is 1.